The Kier molecular flexibility index (Phi) is 4.49. The van der Waals surface area contributed by atoms with Gasteiger partial charge in [0.15, 0.2) is 0 Å². The number of methoxy groups -OCH3 is 1. The third-order valence-electron chi connectivity index (χ3n) is 1.92. The van der Waals surface area contributed by atoms with Crippen molar-refractivity contribution in [1.29, 1.82) is 0 Å². The van der Waals surface area contributed by atoms with Crippen molar-refractivity contribution in [3.05, 3.63) is 18.2 Å². The van der Waals surface area contributed by atoms with Crippen LogP contribution in [0.25, 0.3) is 0 Å². The van der Waals surface area contributed by atoms with Gasteiger partial charge in [-0.1, -0.05) is 0 Å². The standard InChI is InChI=1S/C9H17N3O/c1-13-8-2-6-12-7-5-11-9(12)3-4-10/h5,7H,2-4,6,8,10H2,1H3. The van der Waals surface area contributed by atoms with Crippen LogP contribution in [0.3, 0.4) is 0 Å². The minimum Gasteiger partial charge on any atom is -0.385 e. The van der Waals surface area contributed by atoms with Crippen LogP contribution in [0.5, 0.6) is 0 Å². The SMILES string of the molecule is COCCCn1ccnc1CCN. The molecule has 0 aromatic carbocycles. The molecule has 0 aliphatic carbocycles. The highest BCUT2D eigenvalue weighted by atomic mass is 16.5. The summed E-state index contributed by atoms with van der Waals surface area (Å²) < 4.78 is 7.11. The summed E-state index contributed by atoms with van der Waals surface area (Å²) in [5, 5.41) is 0. The van der Waals surface area contributed by atoms with Crippen LogP contribution in [0.2, 0.25) is 0 Å². The first-order valence-corrected chi connectivity index (χ1v) is 4.57. The van der Waals surface area contributed by atoms with E-state index in [9.17, 15) is 0 Å². The zero-order chi connectivity index (χ0) is 9.52. The quantitative estimate of drug-likeness (QED) is 0.650. The molecule has 0 amide bonds. The summed E-state index contributed by atoms with van der Waals surface area (Å²) in [6, 6.07) is 0. The van der Waals surface area contributed by atoms with Crippen molar-refractivity contribution in [2.24, 2.45) is 5.73 Å². The lowest BCUT2D eigenvalue weighted by Crippen LogP contribution is -2.10. The van der Waals surface area contributed by atoms with Crippen LogP contribution in [0, 0.1) is 0 Å². The summed E-state index contributed by atoms with van der Waals surface area (Å²) in [6.07, 6.45) is 5.67. The molecule has 0 aliphatic rings. The van der Waals surface area contributed by atoms with E-state index in [1.54, 1.807) is 7.11 Å². The molecule has 0 spiro atoms. The third kappa shape index (κ3) is 3.16. The number of rotatable bonds is 6. The molecule has 0 bridgehead atoms. The van der Waals surface area contributed by atoms with Gasteiger partial charge in [-0.3, -0.25) is 0 Å². The topological polar surface area (TPSA) is 53.1 Å². The molecule has 0 atom stereocenters. The normalized spacial score (nSPS) is 10.6. The van der Waals surface area contributed by atoms with Gasteiger partial charge in [-0.2, -0.15) is 0 Å². The van der Waals surface area contributed by atoms with Crippen LogP contribution in [0.1, 0.15) is 12.2 Å². The smallest absolute Gasteiger partial charge is 0.109 e. The molecule has 0 unspecified atom stereocenters. The summed E-state index contributed by atoms with van der Waals surface area (Å²) in [7, 11) is 1.72. The molecular formula is C9H17N3O. The molecule has 1 rings (SSSR count). The van der Waals surface area contributed by atoms with Crippen molar-refractivity contribution in [2.45, 2.75) is 19.4 Å². The van der Waals surface area contributed by atoms with Crippen LogP contribution in [-0.2, 0) is 17.7 Å². The monoisotopic (exact) mass is 183 g/mol. The number of hydrogen-bond acceptors (Lipinski definition) is 3. The number of aromatic nitrogens is 2. The van der Waals surface area contributed by atoms with Gasteiger partial charge < -0.3 is 15.0 Å². The van der Waals surface area contributed by atoms with Crippen LogP contribution in [-0.4, -0.2) is 29.8 Å². The van der Waals surface area contributed by atoms with Gasteiger partial charge in [0.2, 0.25) is 0 Å². The Morgan fingerprint density at radius 2 is 2.46 bits per heavy atom. The van der Waals surface area contributed by atoms with Crippen LogP contribution >= 0.6 is 0 Å². The Hall–Kier alpha value is -0.870. The zero-order valence-electron chi connectivity index (χ0n) is 8.07. The molecule has 1 heterocycles. The van der Waals surface area contributed by atoms with Crippen molar-refractivity contribution in [1.82, 2.24) is 9.55 Å². The number of ether oxygens (including phenoxy) is 1. The van der Waals surface area contributed by atoms with Crippen molar-refractivity contribution in [2.75, 3.05) is 20.3 Å². The Balaban J connectivity index is 2.40. The summed E-state index contributed by atoms with van der Waals surface area (Å²) in [4.78, 5) is 4.23. The van der Waals surface area contributed by atoms with Gasteiger partial charge in [-0.05, 0) is 13.0 Å². The van der Waals surface area contributed by atoms with E-state index >= 15 is 0 Å². The minimum atomic E-state index is 0.654. The number of nitrogens with two attached hydrogens (primary N) is 1. The number of aryl methyl sites for hydroxylation is 1. The molecule has 1 aromatic rings. The summed E-state index contributed by atoms with van der Waals surface area (Å²) >= 11 is 0. The van der Waals surface area contributed by atoms with Gasteiger partial charge in [0.1, 0.15) is 5.82 Å². The predicted molar refractivity (Wildman–Crippen MR) is 51.5 cm³/mol. The molecule has 74 valence electrons. The van der Waals surface area contributed by atoms with Gasteiger partial charge >= 0.3 is 0 Å². The maximum absolute atomic E-state index is 5.47. The number of nitrogens with zero attached hydrogens (tertiary/aromatic N) is 2. The Bertz CT molecular complexity index is 235. The lowest BCUT2D eigenvalue weighted by atomic mass is 10.4. The second kappa shape index (κ2) is 5.72. The van der Waals surface area contributed by atoms with Crippen LogP contribution in [0.4, 0.5) is 0 Å². The van der Waals surface area contributed by atoms with E-state index < -0.39 is 0 Å². The van der Waals surface area contributed by atoms with Gasteiger partial charge in [-0.15, -0.1) is 0 Å². The van der Waals surface area contributed by atoms with E-state index in [4.69, 9.17) is 10.5 Å². The predicted octanol–water partition coefficient (Wildman–Crippen LogP) is 0.421. The van der Waals surface area contributed by atoms with E-state index in [0.29, 0.717) is 6.54 Å². The third-order valence-corrected chi connectivity index (χ3v) is 1.92. The molecule has 13 heavy (non-hydrogen) atoms. The molecule has 2 N–H and O–H groups in total. The Morgan fingerprint density at radius 3 is 3.15 bits per heavy atom. The minimum absolute atomic E-state index is 0.654. The maximum Gasteiger partial charge on any atom is 0.109 e. The average molecular weight is 183 g/mol. The maximum atomic E-state index is 5.47. The van der Waals surface area contributed by atoms with Crippen LogP contribution in [0.15, 0.2) is 12.4 Å². The van der Waals surface area contributed by atoms with E-state index in [0.717, 1.165) is 31.8 Å². The summed E-state index contributed by atoms with van der Waals surface area (Å²) in [6.45, 7) is 2.41. The zero-order valence-corrected chi connectivity index (χ0v) is 8.07. The average Bonchev–Trinajstić information content (AvgIpc) is 2.54. The summed E-state index contributed by atoms with van der Waals surface area (Å²) in [5.41, 5.74) is 5.47. The number of imidazole rings is 1. The van der Waals surface area contributed by atoms with Crippen LogP contribution < -0.4 is 5.73 Å². The fraction of sp³-hybridized carbons (Fsp3) is 0.667. The molecule has 0 saturated carbocycles. The molecule has 0 fully saturated rings. The highest BCUT2D eigenvalue weighted by molar-refractivity contribution is 4.92. The second-order valence-electron chi connectivity index (χ2n) is 2.92. The highest BCUT2D eigenvalue weighted by Crippen LogP contribution is 1.99. The Labute approximate surface area is 78.7 Å². The lowest BCUT2D eigenvalue weighted by molar-refractivity contribution is 0.190. The van der Waals surface area contributed by atoms with E-state index in [1.165, 1.54) is 0 Å². The molecule has 1 aromatic heterocycles. The molecule has 4 nitrogen and oxygen atoms in total. The van der Waals surface area contributed by atoms with E-state index in [-0.39, 0.29) is 0 Å². The van der Waals surface area contributed by atoms with Crippen molar-refractivity contribution in [3.63, 3.8) is 0 Å². The molecule has 0 aliphatic heterocycles. The number of hydrogen-bond donors (Lipinski definition) is 1. The highest BCUT2D eigenvalue weighted by Gasteiger charge is 2.00. The van der Waals surface area contributed by atoms with Crippen molar-refractivity contribution in [3.8, 4) is 0 Å². The van der Waals surface area contributed by atoms with E-state index in [1.807, 2.05) is 12.4 Å². The van der Waals surface area contributed by atoms with E-state index in [2.05, 4.69) is 9.55 Å². The molecule has 0 radical (unpaired) electrons. The van der Waals surface area contributed by atoms with Gasteiger partial charge in [0, 0.05) is 39.1 Å². The first-order chi connectivity index (χ1) is 6.38. The lowest BCUT2D eigenvalue weighted by Gasteiger charge is -2.05. The first-order valence-electron chi connectivity index (χ1n) is 4.57. The second-order valence-corrected chi connectivity index (χ2v) is 2.92. The molecular weight excluding hydrogens is 166 g/mol. The first kappa shape index (κ1) is 10.2. The fourth-order valence-electron chi connectivity index (χ4n) is 1.28. The van der Waals surface area contributed by atoms with Crippen molar-refractivity contribution < 1.29 is 4.74 Å². The van der Waals surface area contributed by atoms with Gasteiger partial charge in [-0.25, -0.2) is 4.98 Å². The largest absolute Gasteiger partial charge is 0.385 e. The van der Waals surface area contributed by atoms with Crippen molar-refractivity contribution >= 4 is 0 Å². The summed E-state index contributed by atoms with van der Waals surface area (Å²) in [5.74, 6) is 1.07. The molecule has 4 heteroatoms. The fourth-order valence-corrected chi connectivity index (χ4v) is 1.28. The molecule has 0 saturated heterocycles. The Morgan fingerprint density at radius 1 is 1.62 bits per heavy atom. The van der Waals surface area contributed by atoms with Gasteiger partial charge in [0.25, 0.3) is 0 Å². The van der Waals surface area contributed by atoms with Gasteiger partial charge in [0.05, 0.1) is 0 Å².